The molecule has 1 atom stereocenters. The van der Waals surface area contributed by atoms with Gasteiger partial charge in [-0.3, -0.25) is 9.59 Å². The summed E-state index contributed by atoms with van der Waals surface area (Å²) in [5, 5.41) is 14.1. The van der Waals surface area contributed by atoms with Crippen molar-refractivity contribution in [3.05, 3.63) is 58.4 Å². The van der Waals surface area contributed by atoms with Crippen LogP contribution in [0.2, 0.25) is 0 Å². The molecule has 2 aliphatic carbocycles. The Labute approximate surface area is 213 Å². The standard InChI is InChI=1S/C28H40N6O2/c1-19-2-8-23(9-3-19)33-27(36)24-14-22-10-11-28(17-30,18-31)15-25(22)34(24)16-20-4-6-21(7-5-20)26(35)32-13-12-29/h4-7,14,17,19,23,30H,2-3,8-13,15-16,18,29,31H2,1H3,(H,32,35)(H,33,36). The number of amides is 2. The minimum Gasteiger partial charge on any atom is -0.351 e. The highest BCUT2D eigenvalue weighted by Crippen LogP contribution is 2.36. The molecule has 1 aromatic carbocycles. The average molecular weight is 493 g/mol. The lowest BCUT2D eigenvalue weighted by molar-refractivity contribution is 0.0912. The first-order chi connectivity index (χ1) is 17.4. The number of hydrogen-bond acceptors (Lipinski definition) is 5. The second-order valence-electron chi connectivity index (χ2n) is 10.6. The van der Waals surface area contributed by atoms with Gasteiger partial charge in [-0.2, -0.15) is 0 Å². The molecule has 36 heavy (non-hydrogen) atoms. The number of aryl methyl sites for hydroxylation is 1. The van der Waals surface area contributed by atoms with Crippen molar-refractivity contribution in [2.75, 3.05) is 19.6 Å². The number of rotatable bonds is 9. The molecule has 1 unspecified atom stereocenters. The largest absolute Gasteiger partial charge is 0.351 e. The Bertz CT molecular complexity index is 1080. The first-order valence-corrected chi connectivity index (χ1v) is 13.2. The maximum absolute atomic E-state index is 13.5. The van der Waals surface area contributed by atoms with Crippen LogP contribution in [0.1, 0.15) is 76.7 Å². The van der Waals surface area contributed by atoms with E-state index in [9.17, 15) is 9.59 Å². The third kappa shape index (κ3) is 5.71. The third-order valence-corrected chi connectivity index (χ3v) is 7.99. The topological polar surface area (TPSA) is 139 Å². The van der Waals surface area contributed by atoms with Crippen LogP contribution in [-0.2, 0) is 19.4 Å². The van der Waals surface area contributed by atoms with E-state index in [2.05, 4.69) is 22.1 Å². The summed E-state index contributed by atoms with van der Waals surface area (Å²) < 4.78 is 2.10. The van der Waals surface area contributed by atoms with Gasteiger partial charge in [0.1, 0.15) is 5.69 Å². The molecule has 7 N–H and O–H groups in total. The van der Waals surface area contributed by atoms with Crippen molar-refractivity contribution in [2.45, 2.75) is 64.5 Å². The van der Waals surface area contributed by atoms with Gasteiger partial charge in [0.15, 0.2) is 0 Å². The summed E-state index contributed by atoms with van der Waals surface area (Å²) in [6.45, 7) is 4.04. The molecule has 1 fully saturated rings. The number of carbonyl (C=O) groups excluding carboxylic acids is 2. The minimum atomic E-state index is -0.374. The SMILES string of the molecule is CC1CCC(NC(=O)c2cc3c(n2Cc2ccc(C(=O)NCCN)cc2)CC(C=N)(CN)CC3)CC1. The summed E-state index contributed by atoms with van der Waals surface area (Å²) >= 11 is 0. The normalized spacial score (nSPS) is 23.5. The number of benzene rings is 1. The summed E-state index contributed by atoms with van der Waals surface area (Å²) in [4.78, 5) is 25.8. The molecule has 0 spiro atoms. The Hall–Kier alpha value is -2.97. The molecular formula is C28H40N6O2. The van der Waals surface area contributed by atoms with E-state index in [0.29, 0.717) is 43.9 Å². The molecule has 1 heterocycles. The van der Waals surface area contributed by atoms with Crippen molar-refractivity contribution in [3.8, 4) is 0 Å². The van der Waals surface area contributed by atoms with E-state index >= 15 is 0 Å². The Morgan fingerprint density at radius 2 is 1.86 bits per heavy atom. The highest BCUT2D eigenvalue weighted by atomic mass is 16.2. The zero-order chi connectivity index (χ0) is 25.7. The van der Waals surface area contributed by atoms with E-state index < -0.39 is 0 Å². The first-order valence-electron chi connectivity index (χ1n) is 13.2. The molecule has 2 amide bonds. The Kier molecular flexibility index (Phi) is 8.26. The van der Waals surface area contributed by atoms with Crippen LogP contribution >= 0.6 is 0 Å². The first kappa shape index (κ1) is 26.1. The lowest BCUT2D eigenvalue weighted by atomic mass is 9.74. The molecule has 0 radical (unpaired) electrons. The molecule has 1 aromatic heterocycles. The zero-order valence-electron chi connectivity index (χ0n) is 21.3. The fraction of sp³-hybridized carbons (Fsp3) is 0.536. The quantitative estimate of drug-likeness (QED) is 0.343. The van der Waals surface area contributed by atoms with Crippen molar-refractivity contribution in [1.82, 2.24) is 15.2 Å². The van der Waals surface area contributed by atoms with Crippen molar-refractivity contribution in [3.63, 3.8) is 0 Å². The maximum Gasteiger partial charge on any atom is 0.268 e. The van der Waals surface area contributed by atoms with Crippen LogP contribution in [0.4, 0.5) is 0 Å². The lowest BCUT2D eigenvalue weighted by Gasteiger charge is -2.33. The van der Waals surface area contributed by atoms with E-state index in [1.807, 2.05) is 30.3 Å². The van der Waals surface area contributed by atoms with Gasteiger partial charge in [-0.25, -0.2) is 0 Å². The van der Waals surface area contributed by atoms with Gasteiger partial charge in [0.25, 0.3) is 11.8 Å². The van der Waals surface area contributed by atoms with Gasteiger partial charge in [0.05, 0.1) is 0 Å². The Morgan fingerprint density at radius 1 is 1.14 bits per heavy atom. The van der Waals surface area contributed by atoms with E-state index in [0.717, 1.165) is 55.7 Å². The van der Waals surface area contributed by atoms with Gasteiger partial charge >= 0.3 is 0 Å². The molecule has 0 saturated heterocycles. The van der Waals surface area contributed by atoms with Crippen LogP contribution in [-0.4, -0.2) is 48.3 Å². The van der Waals surface area contributed by atoms with Gasteiger partial charge in [0, 0.05) is 55.1 Å². The number of carbonyl (C=O) groups is 2. The number of fused-ring (bicyclic) bond motifs is 1. The van der Waals surface area contributed by atoms with E-state index in [1.54, 1.807) is 0 Å². The molecule has 4 rings (SSSR count). The monoisotopic (exact) mass is 492 g/mol. The summed E-state index contributed by atoms with van der Waals surface area (Å²) in [5.41, 5.74) is 15.7. The van der Waals surface area contributed by atoms with Crippen molar-refractivity contribution >= 4 is 18.0 Å². The van der Waals surface area contributed by atoms with Gasteiger partial charge in [-0.1, -0.05) is 19.1 Å². The van der Waals surface area contributed by atoms with Gasteiger partial charge < -0.3 is 32.1 Å². The van der Waals surface area contributed by atoms with E-state index in [-0.39, 0.29) is 23.3 Å². The van der Waals surface area contributed by atoms with Crippen LogP contribution in [0.25, 0.3) is 0 Å². The van der Waals surface area contributed by atoms with E-state index in [4.69, 9.17) is 16.9 Å². The van der Waals surface area contributed by atoms with Crippen molar-refractivity contribution in [1.29, 1.82) is 5.41 Å². The number of nitrogens with zero attached hydrogens (tertiary/aromatic N) is 1. The number of nitrogens with two attached hydrogens (primary N) is 2. The summed E-state index contributed by atoms with van der Waals surface area (Å²) in [6.07, 6.45) is 8.09. The summed E-state index contributed by atoms with van der Waals surface area (Å²) in [6, 6.07) is 9.73. The third-order valence-electron chi connectivity index (χ3n) is 7.99. The molecule has 8 nitrogen and oxygen atoms in total. The van der Waals surface area contributed by atoms with Gasteiger partial charge in [-0.15, -0.1) is 0 Å². The van der Waals surface area contributed by atoms with Crippen LogP contribution in [0.5, 0.6) is 0 Å². The van der Waals surface area contributed by atoms with Crippen molar-refractivity contribution < 1.29 is 9.59 Å². The second-order valence-corrected chi connectivity index (χ2v) is 10.6. The molecule has 2 aromatic rings. The lowest BCUT2D eigenvalue weighted by Crippen LogP contribution is -2.39. The fourth-order valence-electron chi connectivity index (χ4n) is 5.50. The highest BCUT2D eigenvalue weighted by Gasteiger charge is 2.35. The molecule has 0 bridgehead atoms. The molecule has 0 aliphatic heterocycles. The predicted octanol–water partition coefficient (Wildman–Crippen LogP) is 2.62. The highest BCUT2D eigenvalue weighted by molar-refractivity contribution is 5.94. The summed E-state index contributed by atoms with van der Waals surface area (Å²) in [5.74, 6) is 0.543. The smallest absolute Gasteiger partial charge is 0.268 e. The minimum absolute atomic E-state index is 0.0325. The van der Waals surface area contributed by atoms with Crippen LogP contribution < -0.4 is 22.1 Å². The predicted molar refractivity (Wildman–Crippen MR) is 143 cm³/mol. The van der Waals surface area contributed by atoms with Gasteiger partial charge in [-0.05, 0) is 80.2 Å². The van der Waals surface area contributed by atoms with Crippen molar-refractivity contribution in [2.24, 2.45) is 22.8 Å². The van der Waals surface area contributed by atoms with E-state index in [1.165, 1.54) is 11.8 Å². The molecule has 2 aliphatic rings. The van der Waals surface area contributed by atoms with Crippen LogP contribution in [0.3, 0.4) is 0 Å². The van der Waals surface area contributed by atoms with Gasteiger partial charge in [0.2, 0.25) is 0 Å². The number of hydrogen-bond donors (Lipinski definition) is 5. The fourth-order valence-corrected chi connectivity index (χ4v) is 5.50. The maximum atomic E-state index is 13.5. The Morgan fingerprint density at radius 3 is 2.50 bits per heavy atom. The molecule has 8 heteroatoms. The number of nitrogens with one attached hydrogen (secondary N) is 3. The average Bonchev–Trinajstić information content (AvgIpc) is 3.26. The molecule has 194 valence electrons. The molecule has 1 saturated carbocycles. The Balaban J connectivity index is 1.61. The van der Waals surface area contributed by atoms with Crippen LogP contribution in [0.15, 0.2) is 30.3 Å². The summed E-state index contributed by atoms with van der Waals surface area (Å²) in [7, 11) is 0. The second kappa shape index (κ2) is 11.4. The zero-order valence-corrected chi connectivity index (χ0v) is 21.3. The number of aromatic nitrogens is 1. The molecular weight excluding hydrogens is 452 g/mol. The van der Waals surface area contributed by atoms with Crippen LogP contribution in [0, 0.1) is 16.7 Å².